The average Bonchev–Trinajstić information content (AvgIpc) is 3.21. The van der Waals surface area contributed by atoms with Gasteiger partial charge in [-0.1, -0.05) is 5.16 Å². The third-order valence-electron chi connectivity index (χ3n) is 5.29. The summed E-state index contributed by atoms with van der Waals surface area (Å²) in [6.45, 7) is 4.40. The Balaban J connectivity index is 1.47. The predicted octanol–water partition coefficient (Wildman–Crippen LogP) is 2.63. The van der Waals surface area contributed by atoms with E-state index < -0.39 is 11.9 Å². The van der Waals surface area contributed by atoms with Crippen molar-refractivity contribution in [3.05, 3.63) is 35.9 Å². The smallest absolute Gasteiger partial charge is 0.265 e. The molecule has 0 spiro atoms. The summed E-state index contributed by atoms with van der Waals surface area (Å²) in [5.41, 5.74) is 1.16. The standard InChI is InChI=1S/C22H24FN5O4/c1-13(22(30)28-10-4-3-5-11-28)24-17(29)12-31-20-18-19(15-6-8-16(23)9-7-15)27-32-21(18)26-14(2)25-20/h6-9,13H,3-5,10-12H2,1-2H3,(H,24,29). The van der Waals surface area contributed by atoms with Crippen LogP contribution in [0.5, 0.6) is 5.88 Å². The fraction of sp³-hybridized carbons (Fsp3) is 0.409. The van der Waals surface area contributed by atoms with E-state index >= 15 is 0 Å². The van der Waals surface area contributed by atoms with Crippen molar-refractivity contribution in [1.29, 1.82) is 0 Å². The molecule has 0 aliphatic carbocycles. The van der Waals surface area contributed by atoms with E-state index in [1.54, 1.807) is 30.9 Å². The van der Waals surface area contributed by atoms with Gasteiger partial charge in [-0.25, -0.2) is 4.39 Å². The molecule has 1 atom stereocenters. The Bertz CT molecular complexity index is 1130. The Labute approximate surface area is 183 Å². The van der Waals surface area contributed by atoms with Gasteiger partial charge in [0.05, 0.1) is 0 Å². The summed E-state index contributed by atoms with van der Waals surface area (Å²) >= 11 is 0. The zero-order chi connectivity index (χ0) is 22.7. The van der Waals surface area contributed by atoms with Gasteiger partial charge in [0.2, 0.25) is 11.8 Å². The van der Waals surface area contributed by atoms with Gasteiger partial charge in [-0.15, -0.1) is 0 Å². The number of carbonyl (C=O) groups is 2. The third-order valence-corrected chi connectivity index (χ3v) is 5.29. The number of benzene rings is 1. The van der Waals surface area contributed by atoms with Gasteiger partial charge in [-0.05, 0) is 57.4 Å². The van der Waals surface area contributed by atoms with Crippen LogP contribution < -0.4 is 10.1 Å². The highest BCUT2D eigenvalue weighted by Gasteiger charge is 2.24. The number of piperidine rings is 1. The molecule has 2 amide bonds. The second kappa shape index (κ2) is 9.29. The maximum atomic E-state index is 13.3. The molecule has 1 unspecified atom stereocenters. The Kier molecular flexibility index (Phi) is 6.29. The van der Waals surface area contributed by atoms with Crippen LogP contribution in [-0.2, 0) is 9.59 Å². The van der Waals surface area contributed by atoms with Crippen molar-refractivity contribution in [3.63, 3.8) is 0 Å². The highest BCUT2D eigenvalue weighted by molar-refractivity contribution is 5.94. The normalized spacial score (nSPS) is 14.9. The lowest BCUT2D eigenvalue weighted by molar-refractivity contribution is -0.137. The van der Waals surface area contributed by atoms with E-state index in [0.717, 1.165) is 19.3 Å². The number of ether oxygens (including phenoxy) is 1. The topological polar surface area (TPSA) is 110 Å². The molecular weight excluding hydrogens is 417 g/mol. The number of carbonyl (C=O) groups excluding carboxylic acids is 2. The molecule has 4 rings (SSSR count). The summed E-state index contributed by atoms with van der Waals surface area (Å²) in [5, 5.41) is 7.08. The molecule has 1 N–H and O–H groups in total. The molecule has 10 heteroatoms. The van der Waals surface area contributed by atoms with Crippen LogP contribution in [0.3, 0.4) is 0 Å². The van der Waals surface area contributed by atoms with Gasteiger partial charge in [0, 0.05) is 18.7 Å². The van der Waals surface area contributed by atoms with Crippen LogP contribution >= 0.6 is 0 Å². The average molecular weight is 441 g/mol. The second-order valence-corrected chi connectivity index (χ2v) is 7.76. The van der Waals surface area contributed by atoms with Crippen LogP contribution in [-0.4, -0.2) is 57.6 Å². The molecule has 0 radical (unpaired) electrons. The minimum absolute atomic E-state index is 0.101. The van der Waals surface area contributed by atoms with Crippen LogP contribution in [0.4, 0.5) is 4.39 Å². The number of aryl methyl sites for hydroxylation is 1. The van der Waals surface area contributed by atoms with Crippen molar-refractivity contribution in [1.82, 2.24) is 25.3 Å². The first-order valence-corrected chi connectivity index (χ1v) is 10.5. The van der Waals surface area contributed by atoms with Crippen LogP contribution in [0, 0.1) is 12.7 Å². The zero-order valence-corrected chi connectivity index (χ0v) is 17.9. The number of nitrogens with zero attached hydrogens (tertiary/aromatic N) is 4. The first-order chi connectivity index (χ1) is 15.4. The number of rotatable bonds is 6. The van der Waals surface area contributed by atoms with Crippen molar-refractivity contribution in [2.24, 2.45) is 0 Å². The van der Waals surface area contributed by atoms with Crippen molar-refractivity contribution < 1.29 is 23.2 Å². The van der Waals surface area contributed by atoms with Crippen LogP contribution in [0.1, 0.15) is 32.0 Å². The number of fused-ring (bicyclic) bond motifs is 1. The zero-order valence-electron chi connectivity index (χ0n) is 17.9. The molecule has 3 aromatic rings. The van der Waals surface area contributed by atoms with Crippen molar-refractivity contribution in [2.75, 3.05) is 19.7 Å². The molecular formula is C22H24FN5O4. The van der Waals surface area contributed by atoms with Crippen molar-refractivity contribution >= 4 is 22.9 Å². The molecule has 1 aliphatic rings. The van der Waals surface area contributed by atoms with E-state index in [1.165, 1.54) is 12.1 Å². The summed E-state index contributed by atoms with van der Waals surface area (Å²) in [6.07, 6.45) is 3.08. The molecule has 2 aromatic heterocycles. The number of likely N-dealkylation sites (tertiary alicyclic amines) is 1. The van der Waals surface area contributed by atoms with Gasteiger partial charge in [0.15, 0.2) is 6.61 Å². The number of halogens is 1. The molecule has 1 aromatic carbocycles. The third kappa shape index (κ3) is 4.68. The highest BCUT2D eigenvalue weighted by atomic mass is 19.1. The summed E-state index contributed by atoms with van der Waals surface area (Å²) < 4.78 is 24.3. The number of hydrogen-bond donors (Lipinski definition) is 1. The quantitative estimate of drug-likeness (QED) is 0.626. The van der Waals surface area contributed by atoms with Crippen molar-refractivity contribution in [3.8, 4) is 17.1 Å². The minimum atomic E-state index is -0.651. The van der Waals surface area contributed by atoms with Gasteiger partial charge < -0.3 is 19.5 Å². The maximum absolute atomic E-state index is 13.3. The van der Waals surface area contributed by atoms with Gasteiger partial charge in [-0.3, -0.25) is 9.59 Å². The summed E-state index contributed by atoms with van der Waals surface area (Å²) in [7, 11) is 0. The molecule has 0 saturated carbocycles. The van der Waals surface area contributed by atoms with E-state index in [1.807, 2.05) is 0 Å². The van der Waals surface area contributed by atoms with E-state index in [9.17, 15) is 14.0 Å². The summed E-state index contributed by atoms with van der Waals surface area (Å²) in [4.78, 5) is 35.2. The number of nitrogens with one attached hydrogen (secondary N) is 1. The first kappa shape index (κ1) is 21.7. The monoisotopic (exact) mass is 441 g/mol. The van der Waals surface area contributed by atoms with E-state index in [-0.39, 0.29) is 29.9 Å². The largest absolute Gasteiger partial charge is 0.467 e. The SMILES string of the molecule is Cc1nc(OCC(=O)NC(C)C(=O)N2CCCCC2)c2c(-c3ccc(F)cc3)noc2n1. The molecule has 1 fully saturated rings. The molecule has 0 bridgehead atoms. The van der Waals surface area contributed by atoms with Crippen molar-refractivity contribution in [2.45, 2.75) is 39.2 Å². The predicted molar refractivity (Wildman–Crippen MR) is 113 cm³/mol. The lowest BCUT2D eigenvalue weighted by Gasteiger charge is -2.29. The van der Waals surface area contributed by atoms with E-state index in [0.29, 0.717) is 35.6 Å². The fourth-order valence-electron chi connectivity index (χ4n) is 3.70. The number of hydrogen-bond acceptors (Lipinski definition) is 7. The Hall–Kier alpha value is -3.56. The van der Waals surface area contributed by atoms with E-state index in [2.05, 4.69) is 20.4 Å². The first-order valence-electron chi connectivity index (χ1n) is 10.5. The molecule has 1 saturated heterocycles. The summed E-state index contributed by atoms with van der Waals surface area (Å²) in [6, 6.07) is 5.06. The Morgan fingerprint density at radius 2 is 1.91 bits per heavy atom. The molecule has 32 heavy (non-hydrogen) atoms. The van der Waals surface area contributed by atoms with Gasteiger partial charge in [0.25, 0.3) is 11.6 Å². The Morgan fingerprint density at radius 1 is 1.19 bits per heavy atom. The van der Waals surface area contributed by atoms with Crippen LogP contribution in [0.15, 0.2) is 28.8 Å². The number of amides is 2. The Morgan fingerprint density at radius 3 is 2.62 bits per heavy atom. The van der Waals surface area contributed by atoms with Gasteiger partial charge >= 0.3 is 0 Å². The second-order valence-electron chi connectivity index (χ2n) is 7.76. The molecule has 1 aliphatic heterocycles. The van der Waals surface area contributed by atoms with E-state index in [4.69, 9.17) is 9.26 Å². The lowest BCUT2D eigenvalue weighted by atomic mass is 10.1. The van der Waals surface area contributed by atoms with Gasteiger partial charge in [0.1, 0.15) is 28.8 Å². The highest BCUT2D eigenvalue weighted by Crippen LogP contribution is 2.33. The molecule has 9 nitrogen and oxygen atoms in total. The fourth-order valence-corrected chi connectivity index (χ4v) is 3.70. The minimum Gasteiger partial charge on any atom is -0.467 e. The molecule has 168 valence electrons. The number of aromatic nitrogens is 3. The van der Waals surface area contributed by atoms with Crippen LogP contribution in [0.25, 0.3) is 22.4 Å². The maximum Gasteiger partial charge on any atom is 0.265 e. The lowest BCUT2D eigenvalue weighted by Crippen LogP contribution is -2.49. The molecule has 3 heterocycles. The van der Waals surface area contributed by atoms with Gasteiger partial charge in [-0.2, -0.15) is 9.97 Å². The summed E-state index contributed by atoms with van der Waals surface area (Å²) in [5.74, 6) is -0.431. The van der Waals surface area contributed by atoms with Crippen LogP contribution in [0.2, 0.25) is 0 Å².